The Morgan fingerprint density at radius 1 is 1.37 bits per heavy atom. The van der Waals surface area contributed by atoms with Crippen LogP contribution in [0.4, 0.5) is 4.39 Å². The summed E-state index contributed by atoms with van der Waals surface area (Å²) in [4.78, 5) is 14.6. The van der Waals surface area contributed by atoms with Crippen molar-refractivity contribution in [2.24, 2.45) is 0 Å². The monoisotopic (exact) mass is 262 g/mol. The van der Waals surface area contributed by atoms with E-state index in [9.17, 15) is 9.18 Å². The quantitative estimate of drug-likeness (QED) is 0.764. The van der Waals surface area contributed by atoms with Gasteiger partial charge in [0.15, 0.2) is 0 Å². The lowest BCUT2D eigenvalue weighted by atomic mass is 10.1. The summed E-state index contributed by atoms with van der Waals surface area (Å²) in [6.07, 6.45) is 2.04. The molecule has 0 radical (unpaired) electrons. The predicted octanol–water partition coefficient (Wildman–Crippen LogP) is 1.50. The molecule has 0 spiro atoms. The minimum atomic E-state index is -0.441. The molecule has 2 aromatic rings. The first-order chi connectivity index (χ1) is 9.19. The number of hydrogen-bond acceptors (Lipinski definition) is 2. The third kappa shape index (κ3) is 3.66. The highest BCUT2D eigenvalue weighted by Crippen LogP contribution is 2.10. The first kappa shape index (κ1) is 13.3. The summed E-state index contributed by atoms with van der Waals surface area (Å²) in [7, 11) is 0. The summed E-state index contributed by atoms with van der Waals surface area (Å²) in [5.74, 6) is -0.554. The molecule has 0 unspecified atom stereocenters. The zero-order valence-electron chi connectivity index (χ0n) is 10.3. The van der Waals surface area contributed by atoms with Gasteiger partial charge in [0.25, 0.3) is 0 Å². The maximum atomic E-state index is 13.2. The number of hydrogen-bond donors (Lipinski definition) is 3. The molecule has 5 heteroatoms. The van der Waals surface area contributed by atoms with Crippen molar-refractivity contribution in [3.8, 4) is 0 Å². The Bertz CT molecular complexity index is 553. The third-order valence-corrected chi connectivity index (χ3v) is 2.78. The van der Waals surface area contributed by atoms with Crippen molar-refractivity contribution in [2.75, 3.05) is 0 Å². The van der Waals surface area contributed by atoms with Crippen molar-refractivity contribution in [1.29, 1.82) is 0 Å². The van der Waals surface area contributed by atoms with E-state index in [1.165, 1.54) is 6.07 Å². The maximum Gasteiger partial charge on any atom is 0.226 e. The van der Waals surface area contributed by atoms with Crippen LogP contribution in [0.2, 0.25) is 0 Å². The SMILES string of the molecule is O=C(Cc1ccc[nH]1)NCc1ccc(F)c(CO)c1. The van der Waals surface area contributed by atoms with E-state index in [0.717, 1.165) is 11.3 Å². The number of aliphatic hydroxyl groups excluding tert-OH is 1. The highest BCUT2D eigenvalue weighted by Gasteiger charge is 2.06. The normalized spacial score (nSPS) is 10.4. The molecule has 0 fully saturated rings. The lowest BCUT2D eigenvalue weighted by Gasteiger charge is -2.07. The molecule has 1 aromatic heterocycles. The highest BCUT2D eigenvalue weighted by atomic mass is 19.1. The lowest BCUT2D eigenvalue weighted by molar-refractivity contribution is -0.120. The average molecular weight is 262 g/mol. The number of rotatable bonds is 5. The number of aromatic amines is 1. The topological polar surface area (TPSA) is 65.1 Å². The molecule has 0 bridgehead atoms. The molecule has 0 aliphatic heterocycles. The number of halogens is 1. The summed E-state index contributed by atoms with van der Waals surface area (Å²) in [5, 5.41) is 11.7. The van der Waals surface area contributed by atoms with Crippen LogP contribution in [-0.4, -0.2) is 16.0 Å². The van der Waals surface area contributed by atoms with Crippen molar-refractivity contribution >= 4 is 5.91 Å². The minimum absolute atomic E-state index is 0.114. The van der Waals surface area contributed by atoms with Gasteiger partial charge in [-0.25, -0.2) is 4.39 Å². The van der Waals surface area contributed by atoms with Crippen LogP contribution in [0.3, 0.4) is 0 Å². The van der Waals surface area contributed by atoms with E-state index >= 15 is 0 Å². The first-order valence-corrected chi connectivity index (χ1v) is 5.96. The Hall–Kier alpha value is -2.14. The second-order valence-corrected chi connectivity index (χ2v) is 4.23. The Morgan fingerprint density at radius 2 is 2.21 bits per heavy atom. The average Bonchev–Trinajstić information content (AvgIpc) is 2.90. The molecule has 3 N–H and O–H groups in total. The van der Waals surface area contributed by atoms with Crippen molar-refractivity contribution in [3.05, 3.63) is 59.2 Å². The van der Waals surface area contributed by atoms with Gasteiger partial charge < -0.3 is 15.4 Å². The van der Waals surface area contributed by atoms with Crippen LogP contribution in [0.1, 0.15) is 16.8 Å². The van der Waals surface area contributed by atoms with Gasteiger partial charge in [-0.1, -0.05) is 6.07 Å². The van der Waals surface area contributed by atoms with Gasteiger partial charge in [0.2, 0.25) is 5.91 Å². The van der Waals surface area contributed by atoms with E-state index in [1.807, 2.05) is 12.1 Å². The minimum Gasteiger partial charge on any atom is -0.392 e. The molecular weight excluding hydrogens is 247 g/mol. The number of benzene rings is 1. The van der Waals surface area contributed by atoms with Crippen molar-refractivity contribution in [3.63, 3.8) is 0 Å². The van der Waals surface area contributed by atoms with Crippen LogP contribution in [0.15, 0.2) is 36.5 Å². The first-order valence-electron chi connectivity index (χ1n) is 5.96. The molecule has 19 heavy (non-hydrogen) atoms. The molecule has 100 valence electrons. The number of nitrogens with one attached hydrogen (secondary N) is 2. The molecule has 0 aliphatic rings. The van der Waals surface area contributed by atoms with Gasteiger partial charge in [-0.15, -0.1) is 0 Å². The Morgan fingerprint density at radius 3 is 2.89 bits per heavy atom. The number of aromatic nitrogens is 1. The van der Waals surface area contributed by atoms with Gasteiger partial charge in [0.1, 0.15) is 5.82 Å². The summed E-state index contributed by atoms with van der Waals surface area (Å²) < 4.78 is 13.2. The molecule has 0 saturated heterocycles. The standard InChI is InChI=1S/C14H15FN2O2/c15-13-4-3-10(6-11(13)9-18)8-17-14(19)7-12-2-1-5-16-12/h1-6,16,18H,7-9H2,(H,17,19). The van der Waals surface area contributed by atoms with E-state index in [-0.39, 0.29) is 24.5 Å². The third-order valence-electron chi connectivity index (χ3n) is 2.78. The molecular formula is C14H15FN2O2. The van der Waals surface area contributed by atoms with Gasteiger partial charge in [-0.2, -0.15) is 0 Å². The van der Waals surface area contributed by atoms with Gasteiger partial charge in [-0.05, 0) is 29.8 Å². The molecule has 0 aliphatic carbocycles. The lowest BCUT2D eigenvalue weighted by Crippen LogP contribution is -2.24. The van der Waals surface area contributed by atoms with Gasteiger partial charge in [-0.3, -0.25) is 4.79 Å². The second-order valence-electron chi connectivity index (χ2n) is 4.23. The van der Waals surface area contributed by atoms with E-state index < -0.39 is 5.82 Å². The van der Waals surface area contributed by atoms with Crippen molar-refractivity contribution < 1.29 is 14.3 Å². The van der Waals surface area contributed by atoms with Crippen LogP contribution in [0.25, 0.3) is 0 Å². The molecule has 0 saturated carbocycles. The fourth-order valence-corrected chi connectivity index (χ4v) is 1.77. The van der Waals surface area contributed by atoms with Crippen molar-refractivity contribution in [1.82, 2.24) is 10.3 Å². The molecule has 1 heterocycles. The molecule has 4 nitrogen and oxygen atoms in total. The second kappa shape index (κ2) is 6.15. The predicted molar refractivity (Wildman–Crippen MR) is 68.7 cm³/mol. The van der Waals surface area contributed by atoms with Crippen LogP contribution in [0.5, 0.6) is 0 Å². The summed E-state index contributed by atoms with van der Waals surface area (Å²) >= 11 is 0. The largest absolute Gasteiger partial charge is 0.392 e. The number of amides is 1. The fourth-order valence-electron chi connectivity index (χ4n) is 1.77. The number of carbonyl (C=O) groups excluding carboxylic acids is 1. The van der Waals surface area contributed by atoms with Crippen molar-refractivity contribution in [2.45, 2.75) is 19.6 Å². The number of carbonyl (C=O) groups is 1. The Labute approximate surface area is 110 Å². The molecule has 1 amide bonds. The van der Waals surface area contributed by atoms with Crippen LogP contribution in [-0.2, 0) is 24.4 Å². The van der Waals surface area contributed by atoms with E-state index in [1.54, 1.807) is 18.3 Å². The maximum absolute atomic E-state index is 13.2. The van der Waals surface area contributed by atoms with Crippen LogP contribution in [0, 0.1) is 5.82 Å². The van der Waals surface area contributed by atoms with E-state index in [4.69, 9.17) is 5.11 Å². The highest BCUT2D eigenvalue weighted by molar-refractivity contribution is 5.78. The van der Waals surface area contributed by atoms with E-state index in [2.05, 4.69) is 10.3 Å². The smallest absolute Gasteiger partial charge is 0.226 e. The number of aliphatic hydroxyl groups is 1. The fraction of sp³-hybridized carbons (Fsp3) is 0.214. The van der Waals surface area contributed by atoms with E-state index in [0.29, 0.717) is 6.54 Å². The van der Waals surface area contributed by atoms with Gasteiger partial charge >= 0.3 is 0 Å². The summed E-state index contributed by atoms with van der Waals surface area (Å²) in [6.45, 7) is -0.0388. The molecule has 2 rings (SSSR count). The Kier molecular flexibility index (Phi) is 4.30. The van der Waals surface area contributed by atoms with Crippen LogP contribution < -0.4 is 5.32 Å². The summed E-state index contributed by atoms with van der Waals surface area (Å²) in [5.41, 5.74) is 1.83. The Balaban J connectivity index is 1.89. The zero-order chi connectivity index (χ0) is 13.7. The molecule has 0 atom stereocenters. The van der Waals surface area contributed by atoms with Crippen LogP contribution >= 0.6 is 0 Å². The summed E-state index contributed by atoms with van der Waals surface area (Å²) in [6, 6.07) is 8.09. The molecule has 1 aromatic carbocycles. The van der Waals surface area contributed by atoms with Gasteiger partial charge in [0, 0.05) is 24.0 Å². The number of H-pyrrole nitrogens is 1. The van der Waals surface area contributed by atoms with Gasteiger partial charge in [0.05, 0.1) is 13.0 Å². The zero-order valence-corrected chi connectivity index (χ0v) is 10.3.